The van der Waals surface area contributed by atoms with E-state index in [1.807, 2.05) is 36.4 Å². The van der Waals surface area contributed by atoms with Crippen LogP contribution >= 0.6 is 0 Å². The monoisotopic (exact) mass is 320 g/mol. The minimum absolute atomic E-state index is 0.568. The van der Waals surface area contributed by atoms with Gasteiger partial charge >= 0.3 is 0 Å². The van der Waals surface area contributed by atoms with Gasteiger partial charge in [-0.25, -0.2) is 4.98 Å². The van der Waals surface area contributed by atoms with Crippen molar-refractivity contribution >= 4 is 10.9 Å². The van der Waals surface area contributed by atoms with Crippen molar-refractivity contribution < 1.29 is 4.74 Å². The van der Waals surface area contributed by atoms with Gasteiger partial charge in [0.15, 0.2) is 0 Å². The molecular weight excluding hydrogens is 296 g/mol. The highest BCUT2D eigenvalue weighted by Gasteiger charge is 2.31. The van der Waals surface area contributed by atoms with Crippen LogP contribution in [-0.2, 0) is 10.3 Å². The zero-order valence-electron chi connectivity index (χ0n) is 14.6. The second kappa shape index (κ2) is 7.12. The highest BCUT2D eigenvalue weighted by Crippen LogP contribution is 2.33. The SMILES string of the molecule is CN(C)CCOC(C)(c1ccccc1)c1ccc2ccccc2n1. The number of para-hydroxylation sites is 1. The number of aromatic nitrogens is 1. The molecule has 3 nitrogen and oxygen atoms in total. The van der Waals surface area contributed by atoms with Gasteiger partial charge in [0.25, 0.3) is 0 Å². The topological polar surface area (TPSA) is 25.4 Å². The summed E-state index contributed by atoms with van der Waals surface area (Å²) >= 11 is 0. The lowest BCUT2D eigenvalue weighted by molar-refractivity contribution is -0.0129. The molecular formula is C21H24N2O. The van der Waals surface area contributed by atoms with E-state index in [4.69, 9.17) is 9.72 Å². The van der Waals surface area contributed by atoms with Crippen molar-refractivity contribution in [3.05, 3.63) is 78.0 Å². The van der Waals surface area contributed by atoms with Gasteiger partial charge in [-0.05, 0) is 38.7 Å². The van der Waals surface area contributed by atoms with Gasteiger partial charge in [-0.15, -0.1) is 0 Å². The van der Waals surface area contributed by atoms with Crippen LogP contribution in [0.15, 0.2) is 66.7 Å². The van der Waals surface area contributed by atoms with Crippen molar-refractivity contribution in [3.63, 3.8) is 0 Å². The summed E-state index contributed by atoms with van der Waals surface area (Å²) in [6.07, 6.45) is 0. The molecule has 124 valence electrons. The van der Waals surface area contributed by atoms with Crippen molar-refractivity contribution in [2.24, 2.45) is 0 Å². The number of hydrogen-bond donors (Lipinski definition) is 0. The molecule has 3 rings (SSSR count). The number of hydrogen-bond acceptors (Lipinski definition) is 3. The first-order valence-corrected chi connectivity index (χ1v) is 8.30. The molecule has 0 spiro atoms. The van der Waals surface area contributed by atoms with Crippen LogP contribution in [0.5, 0.6) is 0 Å². The maximum atomic E-state index is 6.36. The fourth-order valence-electron chi connectivity index (χ4n) is 2.83. The van der Waals surface area contributed by atoms with Crippen LogP contribution in [0.3, 0.4) is 0 Å². The molecule has 3 heteroatoms. The van der Waals surface area contributed by atoms with E-state index in [0.29, 0.717) is 6.61 Å². The predicted molar refractivity (Wildman–Crippen MR) is 99.1 cm³/mol. The first kappa shape index (κ1) is 16.6. The summed E-state index contributed by atoms with van der Waals surface area (Å²) in [5.74, 6) is 0. The molecule has 0 radical (unpaired) electrons. The van der Waals surface area contributed by atoms with E-state index in [1.165, 1.54) is 0 Å². The van der Waals surface area contributed by atoms with E-state index in [1.54, 1.807) is 0 Å². The van der Waals surface area contributed by atoms with Gasteiger partial charge < -0.3 is 9.64 Å². The summed E-state index contributed by atoms with van der Waals surface area (Å²) in [6, 6.07) is 22.7. The minimum Gasteiger partial charge on any atom is -0.363 e. The second-order valence-corrected chi connectivity index (χ2v) is 6.44. The van der Waals surface area contributed by atoms with Crippen LogP contribution in [0.25, 0.3) is 10.9 Å². The Morgan fingerprint density at radius 2 is 1.62 bits per heavy atom. The van der Waals surface area contributed by atoms with Crippen molar-refractivity contribution in [1.82, 2.24) is 9.88 Å². The Bertz CT molecular complexity index is 801. The van der Waals surface area contributed by atoms with E-state index in [0.717, 1.165) is 28.7 Å². The van der Waals surface area contributed by atoms with Gasteiger partial charge in [-0.3, -0.25) is 0 Å². The Labute approximate surface area is 143 Å². The standard InChI is InChI=1S/C21H24N2O/c1-21(24-16-15-23(2)3,18-10-5-4-6-11-18)20-14-13-17-9-7-8-12-19(17)22-20/h4-14H,15-16H2,1-3H3. The Balaban J connectivity index is 2.02. The molecule has 0 fully saturated rings. The maximum absolute atomic E-state index is 6.36. The zero-order valence-corrected chi connectivity index (χ0v) is 14.6. The Kier molecular flexibility index (Phi) is 4.93. The molecule has 0 saturated heterocycles. The molecule has 0 saturated carbocycles. The molecule has 0 aliphatic carbocycles. The fourth-order valence-corrected chi connectivity index (χ4v) is 2.83. The first-order valence-electron chi connectivity index (χ1n) is 8.30. The highest BCUT2D eigenvalue weighted by atomic mass is 16.5. The Hall–Kier alpha value is -2.23. The highest BCUT2D eigenvalue weighted by molar-refractivity contribution is 5.78. The number of pyridine rings is 1. The van der Waals surface area contributed by atoms with Gasteiger partial charge in [0, 0.05) is 11.9 Å². The number of fused-ring (bicyclic) bond motifs is 1. The van der Waals surface area contributed by atoms with Crippen molar-refractivity contribution in [1.29, 1.82) is 0 Å². The van der Waals surface area contributed by atoms with Crippen LogP contribution in [0.1, 0.15) is 18.2 Å². The van der Waals surface area contributed by atoms with Crippen molar-refractivity contribution in [2.75, 3.05) is 27.2 Å². The van der Waals surface area contributed by atoms with Gasteiger partial charge in [0.05, 0.1) is 17.8 Å². The van der Waals surface area contributed by atoms with Crippen molar-refractivity contribution in [2.45, 2.75) is 12.5 Å². The molecule has 0 N–H and O–H groups in total. The fraction of sp³-hybridized carbons (Fsp3) is 0.286. The normalized spacial score (nSPS) is 14.0. The van der Waals surface area contributed by atoms with Gasteiger partial charge in [0.2, 0.25) is 0 Å². The summed E-state index contributed by atoms with van der Waals surface area (Å²) in [7, 11) is 4.11. The average molecular weight is 320 g/mol. The third kappa shape index (κ3) is 3.48. The number of benzene rings is 2. The van der Waals surface area contributed by atoms with Crippen LogP contribution in [0.2, 0.25) is 0 Å². The number of rotatable bonds is 6. The largest absolute Gasteiger partial charge is 0.363 e. The summed E-state index contributed by atoms with van der Waals surface area (Å²) < 4.78 is 6.36. The van der Waals surface area contributed by atoms with E-state index >= 15 is 0 Å². The quantitative estimate of drug-likeness (QED) is 0.684. The first-order chi connectivity index (χ1) is 11.6. The van der Waals surface area contributed by atoms with Crippen LogP contribution < -0.4 is 0 Å². The van der Waals surface area contributed by atoms with E-state index in [2.05, 4.69) is 56.3 Å². The second-order valence-electron chi connectivity index (χ2n) is 6.44. The van der Waals surface area contributed by atoms with Gasteiger partial charge in [0.1, 0.15) is 5.60 Å². The summed E-state index contributed by atoms with van der Waals surface area (Å²) in [4.78, 5) is 7.01. The molecule has 3 aromatic rings. The lowest BCUT2D eigenvalue weighted by Crippen LogP contribution is -2.32. The van der Waals surface area contributed by atoms with E-state index in [9.17, 15) is 0 Å². The van der Waals surface area contributed by atoms with Gasteiger partial charge in [-0.2, -0.15) is 0 Å². The molecule has 0 aliphatic rings. The third-order valence-corrected chi connectivity index (χ3v) is 4.34. The number of ether oxygens (including phenoxy) is 1. The molecule has 24 heavy (non-hydrogen) atoms. The minimum atomic E-state index is -0.568. The average Bonchev–Trinajstić information content (AvgIpc) is 2.61. The molecule has 1 atom stereocenters. The predicted octanol–water partition coefficient (Wildman–Crippen LogP) is 4.08. The van der Waals surface area contributed by atoms with E-state index in [-0.39, 0.29) is 0 Å². The summed E-state index contributed by atoms with van der Waals surface area (Å²) in [5.41, 5.74) is 2.48. The van der Waals surface area contributed by atoms with Gasteiger partial charge in [-0.1, -0.05) is 54.6 Å². The summed E-state index contributed by atoms with van der Waals surface area (Å²) in [5, 5.41) is 1.14. The Morgan fingerprint density at radius 3 is 2.38 bits per heavy atom. The van der Waals surface area contributed by atoms with Crippen molar-refractivity contribution in [3.8, 4) is 0 Å². The molecule has 1 aromatic heterocycles. The molecule has 2 aromatic carbocycles. The molecule has 1 unspecified atom stereocenters. The molecule has 0 amide bonds. The van der Waals surface area contributed by atoms with Crippen LogP contribution in [0, 0.1) is 0 Å². The molecule has 1 heterocycles. The Morgan fingerprint density at radius 1 is 0.917 bits per heavy atom. The lowest BCUT2D eigenvalue weighted by atomic mass is 9.91. The zero-order chi connectivity index (χ0) is 17.0. The van der Waals surface area contributed by atoms with E-state index < -0.39 is 5.60 Å². The van der Waals surface area contributed by atoms with Crippen LogP contribution in [0.4, 0.5) is 0 Å². The summed E-state index contributed by atoms with van der Waals surface area (Å²) in [6.45, 7) is 3.62. The third-order valence-electron chi connectivity index (χ3n) is 4.34. The maximum Gasteiger partial charge on any atom is 0.132 e. The molecule has 0 bridgehead atoms. The van der Waals surface area contributed by atoms with Crippen LogP contribution in [-0.4, -0.2) is 37.1 Å². The number of nitrogens with zero attached hydrogens (tertiary/aromatic N) is 2. The smallest absolute Gasteiger partial charge is 0.132 e. The molecule has 0 aliphatic heterocycles. The number of likely N-dealkylation sites (N-methyl/N-ethyl adjacent to an activating group) is 1. The lowest BCUT2D eigenvalue weighted by Gasteiger charge is -2.31.